The molecule has 0 heterocycles. The van der Waals surface area contributed by atoms with Crippen molar-refractivity contribution in [2.24, 2.45) is 0 Å². The van der Waals surface area contributed by atoms with E-state index in [1.165, 1.54) is 0 Å². The first kappa shape index (κ1) is 17.1. The number of amides is 1. The van der Waals surface area contributed by atoms with Gasteiger partial charge in [-0.25, -0.2) is 0 Å². The lowest BCUT2D eigenvalue weighted by atomic mass is 9.98. The fourth-order valence-corrected chi connectivity index (χ4v) is 2.57. The van der Waals surface area contributed by atoms with Gasteiger partial charge in [0.25, 0.3) is 5.91 Å². The Kier molecular flexibility index (Phi) is 5.80. The van der Waals surface area contributed by atoms with Crippen LogP contribution in [0.15, 0.2) is 42.5 Å². The zero-order valence-electron chi connectivity index (χ0n) is 14.3. The molecular weight excluding hydrogens is 286 g/mol. The van der Waals surface area contributed by atoms with Crippen molar-refractivity contribution in [3.05, 3.63) is 59.2 Å². The average Bonchev–Trinajstić information content (AvgIpc) is 2.56. The van der Waals surface area contributed by atoms with Crippen molar-refractivity contribution in [3.8, 4) is 5.75 Å². The number of anilines is 1. The SMILES string of the molecule is CCC(C)c1ccccc1OCC(=O)Nc1c(C)cccc1C. The first-order valence-electron chi connectivity index (χ1n) is 8.10. The highest BCUT2D eigenvalue weighted by molar-refractivity contribution is 5.93. The molecule has 0 saturated carbocycles. The van der Waals surface area contributed by atoms with Crippen LogP contribution in [0.2, 0.25) is 0 Å². The molecule has 1 N–H and O–H groups in total. The molecule has 0 aromatic heterocycles. The van der Waals surface area contributed by atoms with Crippen LogP contribution in [0.25, 0.3) is 0 Å². The lowest BCUT2D eigenvalue weighted by Crippen LogP contribution is -2.21. The average molecular weight is 311 g/mol. The van der Waals surface area contributed by atoms with Crippen LogP contribution in [0.5, 0.6) is 5.75 Å². The molecule has 1 atom stereocenters. The third-order valence-corrected chi connectivity index (χ3v) is 4.17. The summed E-state index contributed by atoms with van der Waals surface area (Å²) in [4.78, 5) is 12.2. The standard InChI is InChI=1S/C20H25NO2/c1-5-14(2)17-11-6-7-12-18(17)23-13-19(22)21-20-15(3)9-8-10-16(20)4/h6-12,14H,5,13H2,1-4H3,(H,21,22). The topological polar surface area (TPSA) is 38.3 Å². The molecule has 0 aliphatic rings. The Hall–Kier alpha value is -2.29. The van der Waals surface area contributed by atoms with Crippen molar-refractivity contribution in [2.75, 3.05) is 11.9 Å². The summed E-state index contributed by atoms with van der Waals surface area (Å²) < 4.78 is 5.76. The second-order valence-corrected chi connectivity index (χ2v) is 5.95. The van der Waals surface area contributed by atoms with Crippen molar-refractivity contribution >= 4 is 11.6 Å². The van der Waals surface area contributed by atoms with E-state index in [1.807, 2.05) is 50.2 Å². The van der Waals surface area contributed by atoms with Crippen molar-refractivity contribution < 1.29 is 9.53 Å². The van der Waals surface area contributed by atoms with Crippen LogP contribution in [0.4, 0.5) is 5.69 Å². The minimum absolute atomic E-state index is 0.0151. The van der Waals surface area contributed by atoms with Crippen molar-refractivity contribution in [3.63, 3.8) is 0 Å². The Balaban J connectivity index is 2.03. The molecule has 0 aliphatic heterocycles. The van der Waals surface area contributed by atoms with E-state index in [1.54, 1.807) is 0 Å². The van der Waals surface area contributed by atoms with Crippen LogP contribution in [0, 0.1) is 13.8 Å². The third-order valence-electron chi connectivity index (χ3n) is 4.17. The lowest BCUT2D eigenvalue weighted by molar-refractivity contribution is -0.118. The maximum Gasteiger partial charge on any atom is 0.262 e. The van der Waals surface area contributed by atoms with Gasteiger partial charge in [-0.3, -0.25) is 4.79 Å². The Morgan fingerprint density at radius 3 is 2.39 bits per heavy atom. The summed E-state index contributed by atoms with van der Waals surface area (Å²) in [6, 6.07) is 13.9. The number of hydrogen-bond donors (Lipinski definition) is 1. The first-order valence-corrected chi connectivity index (χ1v) is 8.10. The maximum atomic E-state index is 12.2. The molecule has 1 unspecified atom stereocenters. The number of carbonyl (C=O) groups excluding carboxylic acids is 1. The summed E-state index contributed by atoms with van der Waals surface area (Å²) in [6.45, 7) is 8.30. The lowest BCUT2D eigenvalue weighted by Gasteiger charge is -2.16. The van der Waals surface area contributed by atoms with E-state index in [2.05, 4.69) is 25.2 Å². The van der Waals surface area contributed by atoms with E-state index in [-0.39, 0.29) is 12.5 Å². The van der Waals surface area contributed by atoms with Gasteiger partial charge in [0.1, 0.15) is 5.75 Å². The Morgan fingerprint density at radius 1 is 1.09 bits per heavy atom. The van der Waals surface area contributed by atoms with Gasteiger partial charge in [-0.2, -0.15) is 0 Å². The van der Waals surface area contributed by atoms with Gasteiger partial charge in [0.05, 0.1) is 0 Å². The maximum absolute atomic E-state index is 12.2. The Morgan fingerprint density at radius 2 is 1.74 bits per heavy atom. The summed E-state index contributed by atoms with van der Waals surface area (Å²) in [7, 11) is 0. The number of benzene rings is 2. The molecule has 23 heavy (non-hydrogen) atoms. The molecule has 3 nitrogen and oxygen atoms in total. The zero-order chi connectivity index (χ0) is 16.8. The van der Waals surface area contributed by atoms with E-state index in [0.717, 1.165) is 34.5 Å². The summed E-state index contributed by atoms with van der Waals surface area (Å²) in [5.74, 6) is 1.06. The van der Waals surface area contributed by atoms with Gasteiger partial charge in [-0.05, 0) is 48.9 Å². The molecule has 2 rings (SSSR count). The third kappa shape index (κ3) is 4.35. The smallest absolute Gasteiger partial charge is 0.262 e. The van der Waals surface area contributed by atoms with E-state index in [9.17, 15) is 4.79 Å². The summed E-state index contributed by atoms with van der Waals surface area (Å²) >= 11 is 0. The van der Waals surface area contributed by atoms with Gasteiger partial charge in [-0.1, -0.05) is 50.2 Å². The molecule has 0 radical (unpaired) electrons. The number of rotatable bonds is 6. The quantitative estimate of drug-likeness (QED) is 0.829. The number of nitrogens with one attached hydrogen (secondary N) is 1. The number of carbonyl (C=O) groups is 1. The molecule has 122 valence electrons. The highest BCUT2D eigenvalue weighted by Gasteiger charge is 2.12. The van der Waals surface area contributed by atoms with Gasteiger partial charge >= 0.3 is 0 Å². The molecule has 2 aromatic carbocycles. The summed E-state index contributed by atoms with van der Waals surface area (Å²) in [5, 5.41) is 2.95. The van der Waals surface area contributed by atoms with Crippen LogP contribution in [-0.2, 0) is 4.79 Å². The fourth-order valence-electron chi connectivity index (χ4n) is 2.57. The van der Waals surface area contributed by atoms with Gasteiger partial charge in [0, 0.05) is 5.69 Å². The van der Waals surface area contributed by atoms with Gasteiger partial charge in [-0.15, -0.1) is 0 Å². The molecule has 0 spiro atoms. The van der Waals surface area contributed by atoms with Gasteiger partial charge < -0.3 is 10.1 Å². The molecular formula is C20H25NO2. The monoisotopic (exact) mass is 311 g/mol. The van der Waals surface area contributed by atoms with Crippen LogP contribution in [0.1, 0.15) is 42.9 Å². The predicted octanol–water partition coefficient (Wildman–Crippen LogP) is 4.83. The summed E-state index contributed by atoms with van der Waals surface area (Å²) in [6.07, 6.45) is 1.04. The van der Waals surface area contributed by atoms with Crippen LogP contribution in [0.3, 0.4) is 0 Å². The number of ether oxygens (including phenoxy) is 1. The number of hydrogen-bond acceptors (Lipinski definition) is 2. The fraction of sp³-hybridized carbons (Fsp3) is 0.350. The summed E-state index contributed by atoms with van der Waals surface area (Å²) in [5.41, 5.74) is 4.13. The molecule has 0 fully saturated rings. The van der Waals surface area contributed by atoms with Crippen molar-refractivity contribution in [1.82, 2.24) is 0 Å². The second kappa shape index (κ2) is 7.82. The van der Waals surface area contributed by atoms with Crippen molar-refractivity contribution in [1.29, 1.82) is 0 Å². The molecule has 3 heteroatoms. The van der Waals surface area contributed by atoms with E-state index < -0.39 is 0 Å². The Bertz CT molecular complexity index is 659. The normalized spacial score (nSPS) is 11.8. The van der Waals surface area contributed by atoms with Crippen LogP contribution < -0.4 is 10.1 Å². The van der Waals surface area contributed by atoms with E-state index >= 15 is 0 Å². The first-order chi connectivity index (χ1) is 11.0. The second-order valence-electron chi connectivity index (χ2n) is 5.95. The molecule has 0 saturated heterocycles. The van der Waals surface area contributed by atoms with Crippen LogP contribution in [-0.4, -0.2) is 12.5 Å². The highest BCUT2D eigenvalue weighted by Crippen LogP contribution is 2.28. The largest absolute Gasteiger partial charge is 0.483 e. The van der Waals surface area contributed by atoms with E-state index in [0.29, 0.717) is 5.92 Å². The minimum atomic E-state index is -0.138. The minimum Gasteiger partial charge on any atom is -0.483 e. The van der Waals surface area contributed by atoms with Crippen molar-refractivity contribution in [2.45, 2.75) is 40.0 Å². The zero-order valence-corrected chi connectivity index (χ0v) is 14.3. The number of para-hydroxylation sites is 2. The van der Waals surface area contributed by atoms with Gasteiger partial charge in [0.2, 0.25) is 0 Å². The van der Waals surface area contributed by atoms with Gasteiger partial charge in [0.15, 0.2) is 6.61 Å². The van der Waals surface area contributed by atoms with E-state index in [4.69, 9.17) is 4.74 Å². The predicted molar refractivity (Wildman–Crippen MR) is 95.2 cm³/mol. The molecule has 0 bridgehead atoms. The molecule has 2 aromatic rings. The molecule has 1 amide bonds. The number of aryl methyl sites for hydroxylation is 2. The highest BCUT2D eigenvalue weighted by atomic mass is 16.5. The molecule has 0 aliphatic carbocycles. The van der Waals surface area contributed by atoms with Crippen LogP contribution >= 0.6 is 0 Å². The Labute approximate surface area is 138 Å².